The minimum absolute atomic E-state index is 0.488. The third-order valence-corrected chi connectivity index (χ3v) is 14.4. The average Bonchev–Trinajstić information content (AvgIpc) is 3.59. The van der Waals surface area contributed by atoms with Crippen molar-refractivity contribution < 1.29 is 0 Å². The second-order valence-corrected chi connectivity index (χ2v) is 19.1. The van der Waals surface area contributed by atoms with Gasteiger partial charge in [-0.15, -0.1) is 0 Å². The van der Waals surface area contributed by atoms with Crippen molar-refractivity contribution in [3.05, 3.63) is 279 Å². The molecule has 0 amide bonds. The molecule has 0 fully saturated rings. The van der Waals surface area contributed by atoms with Crippen molar-refractivity contribution in [2.24, 2.45) is 0 Å². The molecule has 0 unspecified atom stereocenters. The monoisotopic (exact) mass is 994 g/mol. The summed E-state index contributed by atoms with van der Waals surface area (Å²) in [6, 6.07) is 83.6. The molecule has 0 radical (unpaired) electrons. The Labute approximate surface area is 452 Å². The third kappa shape index (κ3) is 8.48. The molecule has 0 aliphatic rings. The molecule has 78 heavy (non-hydrogen) atoms. The van der Waals surface area contributed by atoms with Crippen LogP contribution in [-0.4, -0.2) is 24.9 Å². The summed E-state index contributed by atoms with van der Waals surface area (Å²) in [5, 5.41) is 15.0. The highest BCUT2D eigenvalue weighted by Crippen LogP contribution is 2.44. The van der Waals surface area contributed by atoms with Crippen molar-refractivity contribution in [1.29, 1.82) is 5.26 Å². The fraction of sp³-hybridized carbons (Fsp3) is 0. The van der Waals surface area contributed by atoms with Gasteiger partial charge >= 0.3 is 0 Å². The van der Waals surface area contributed by atoms with Gasteiger partial charge in [0.05, 0.1) is 44.9 Å². The summed E-state index contributed by atoms with van der Waals surface area (Å²) in [6.45, 7) is 8.12. The molecule has 13 aromatic rings. The lowest BCUT2D eigenvalue weighted by Gasteiger charge is -2.17. The SMILES string of the molecule is C=C/C=C(\C=C)c1cc(-c2ccccc2)c2ccc3c(-c4cccc(-c5cccc(-c6c(C#N)c(-c7ccccc7)nc7c6ccc6c(-c8ccccc8)cc(-c8ccccc8)nc67)c5)c4)nc(-c4ccccc4)nc3c2n1. The van der Waals surface area contributed by atoms with Crippen molar-refractivity contribution in [3.8, 4) is 95.7 Å². The molecular formula is C72H46N6. The van der Waals surface area contributed by atoms with Gasteiger partial charge in [-0.3, -0.25) is 0 Å². The summed E-state index contributed by atoms with van der Waals surface area (Å²) < 4.78 is 0. The van der Waals surface area contributed by atoms with E-state index < -0.39 is 0 Å². The van der Waals surface area contributed by atoms with Gasteiger partial charge in [-0.25, -0.2) is 24.9 Å². The van der Waals surface area contributed by atoms with E-state index in [1.165, 1.54) is 0 Å². The minimum atomic E-state index is 0.488. The fourth-order valence-corrected chi connectivity index (χ4v) is 10.7. The molecular weight excluding hydrogens is 949 g/mol. The van der Waals surface area contributed by atoms with E-state index in [2.05, 4.69) is 165 Å². The van der Waals surface area contributed by atoms with Gasteiger partial charge in [0.15, 0.2) is 5.82 Å². The molecule has 9 aromatic carbocycles. The van der Waals surface area contributed by atoms with Crippen molar-refractivity contribution in [2.45, 2.75) is 0 Å². The molecule has 0 bridgehead atoms. The number of hydrogen-bond donors (Lipinski definition) is 0. The molecule has 13 rings (SSSR count). The largest absolute Gasteiger partial charge is 0.245 e. The summed E-state index contributed by atoms with van der Waals surface area (Å²) in [6.07, 6.45) is 5.51. The molecule has 0 aliphatic heterocycles. The van der Waals surface area contributed by atoms with Crippen LogP contribution in [0.15, 0.2) is 268 Å². The van der Waals surface area contributed by atoms with Crippen LogP contribution in [0.1, 0.15) is 11.3 Å². The molecule has 4 aromatic heterocycles. The van der Waals surface area contributed by atoms with E-state index in [1.54, 1.807) is 6.08 Å². The number of rotatable bonds is 11. The van der Waals surface area contributed by atoms with Gasteiger partial charge in [0, 0.05) is 49.4 Å². The lowest BCUT2D eigenvalue weighted by atomic mass is 9.89. The van der Waals surface area contributed by atoms with Crippen molar-refractivity contribution in [2.75, 3.05) is 0 Å². The Kier molecular flexibility index (Phi) is 12.2. The zero-order valence-corrected chi connectivity index (χ0v) is 42.3. The number of benzene rings is 9. The van der Waals surface area contributed by atoms with Gasteiger partial charge in [0.25, 0.3) is 0 Å². The summed E-state index contributed by atoms with van der Waals surface area (Å²) in [5.41, 5.74) is 18.8. The highest BCUT2D eigenvalue weighted by Gasteiger charge is 2.23. The molecule has 0 N–H and O–H groups in total. The van der Waals surface area contributed by atoms with Crippen LogP contribution in [0.2, 0.25) is 0 Å². The Hall–Kier alpha value is -10.7. The molecule has 0 saturated carbocycles. The first-order valence-corrected chi connectivity index (χ1v) is 25.9. The number of pyridine rings is 3. The molecule has 6 heteroatoms. The first-order valence-electron chi connectivity index (χ1n) is 25.9. The summed E-state index contributed by atoms with van der Waals surface area (Å²) >= 11 is 0. The van der Waals surface area contributed by atoms with Crippen LogP contribution in [0.4, 0.5) is 0 Å². The normalized spacial score (nSPS) is 11.5. The van der Waals surface area contributed by atoms with E-state index >= 15 is 0 Å². The van der Waals surface area contributed by atoms with Crippen LogP contribution in [0.25, 0.3) is 139 Å². The number of hydrogen-bond acceptors (Lipinski definition) is 6. The van der Waals surface area contributed by atoms with E-state index in [0.717, 1.165) is 133 Å². The number of nitrogens with zero attached hydrogens (tertiary/aromatic N) is 6. The number of fused-ring (bicyclic) bond motifs is 6. The Bertz CT molecular complexity index is 4570. The lowest BCUT2D eigenvalue weighted by molar-refractivity contribution is 1.23. The molecule has 6 nitrogen and oxygen atoms in total. The van der Waals surface area contributed by atoms with E-state index in [4.69, 9.17) is 24.9 Å². The minimum Gasteiger partial charge on any atom is -0.245 e. The van der Waals surface area contributed by atoms with Crippen LogP contribution < -0.4 is 0 Å². The fourth-order valence-electron chi connectivity index (χ4n) is 10.7. The molecule has 4 heterocycles. The Morgan fingerprint density at radius 1 is 0.372 bits per heavy atom. The van der Waals surface area contributed by atoms with Gasteiger partial charge < -0.3 is 0 Å². The Balaban J connectivity index is 1.02. The highest BCUT2D eigenvalue weighted by atomic mass is 14.9. The van der Waals surface area contributed by atoms with Crippen LogP contribution in [0.3, 0.4) is 0 Å². The van der Waals surface area contributed by atoms with Crippen LogP contribution >= 0.6 is 0 Å². The zero-order valence-electron chi connectivity index (χ0n) is 42.3. The number of aromatic nitrogens is 5. The van der Waals surface area contributed by atoms with E-state index in [0.29, 0.717) is 17.1 Å². The van der Waals surface area contributed by atoms with Gasteiger partial charge in [-0.05, 0) is 74.8 Å². The van der Waals surface area contributed by atoms with Gasteiger partial charge in [-0.1, -0.05) is 238 Å². The highest BCUT2D eigenvalue weighted by molar-refractivity contribution is 6.15. The second kappa shape index (κ2) is 20.2. The predicted molar refractivity (Wildman–Crippen MR) is 322 cm³/mol. The summed E-state index contributed by atoms with van der Waals surface area (Å²) in [7, 11) is 0. The smallest absolute Gasteiger partial charge is 0.160 e. The van der Waals surface area contributed by atoms with Crippen LogP contribution in [-0.2, 0) is 0 Å². The Morgan fingerprint density at radius 3 is 1.45 bits per heavy atom. The molecule has 0 spiro atoms. The quantitative estimate of drug-likeness (QED) is 0.0947. The predicted octanol–water partition coefficient (Wildman–Crippen LogP) is 18.2. The first kappa shape index (κ1) is 47.0. The number of allylic oxidation sites excluding steroid dienone is 4. The zero-order chi connectivity index (χ0) is 52.5. The topological polar surface area (TPSA) is 88.2 Å². The molecule has 0 aliphatic carbocycles. The van der Waals surface area contributed by atoms with E-state index in [-0.39, 0.29) is 0 Å². The van der Waals surface area contributed by atoms with Crippen LogP contribution in [0.5, 0.6) is 0 Å². The van der Waals surface area contributed by atoms with Gasteiger partial charge in [0.2, 0.25) is 0 Å². The van der Waals surface area contributed by atoms with Crippen molar-refractivity contribution in [1.82, 2.24) is 24.9 Å². The maximum absolute atomic E-state index is 11.3. The second-order valence-electron chi connectivity index (χ2n) is 19.1. The third-order valence-electron chi connectivity index (χ3n) is 14.4. The number of nitriles is 1. The maximum Gasteiger partial charge on any atom is 0.160 e. The standard InChI is InChI=1S/C72H46N6/c1-3-22-46(4-2)63-43-60(47-23-10-5-11-24-47)57-38-40-59-67(77-72(51-31-18-9-19-32-51)78-71(59)69(57)74-63)55-36-21-34-53(42-55)52-33-20-35-54(41-52)65-58-39-37-56-61(48-25-12-6-13-26-48)44-64(49-27-14-7-15-28-49)75-68(56)70(58)76-66(62(65)45-73)50-29-16-8-17-30-50/h3-44H,1-2H2/b46-22+. The summed E-state index contributed by atoms with van der Waals surface area (Å²) in [4.78, 5) is 26.9. The van der Waals surface area contributed by atoms with E-state index in [1.807, 2.05) is 103 Å². The van der Waals surface area contributed by atoms with Crippen molar-refractivity contribution in [3.63, 3.8) is 0 Å². The average molecular weight is 995 g/mol. The molecule has 0 saturated heterocycles. The van der Waals surface area contributed by atoms with Crippen LogP contribution in [0, 0.1) is 11.3 Å². The lowest BCUT2D eigenvalue weighted by Crippen LogP contribution is -1.99. The Morgan fingerprint density at radius 2 is 0.846 bits per heavy atom. The van der Waals surface area contributed by atoms with Gasteiger partial charge in [0.1, 0.15) is 11.6 Å². The first-order chi connectivity index (χ1) is 38.5. The molecule has 0 atom stereocenters. The maximum atomic E-state index is 11.3. The summed E-state index contributed by atoms with van der Waals surface area (Å²) in [5.74, 6) is 0.591. The molecule has 364 valence electrons. The van der Waals surface area contributed by atoms with Crippen molar-refractivity contribution >= 4 is 49.2 Å². The van der Waals surface area contributed by atoms with E-state index in [9.17, 15) is 5.26 Å². The van der Waals surface area contributed by atoms with Gasteiger partial charge in [-0.2, -0.15) is 5.26 Å².